The third kappa shape index (κ3) is 3.10. The molecule has 1 aromatic carbocycles. The second-order valence-electron chi connectivity index (χ2n) is 3.79. The van der Waals surface area contributed by atoms with E-state index in [0.717, 1.165) is 41.1 Å². The van der Waals surface area contributed by atoms with E-state index in [9.17, 15) is 0 Å². The lowest BCUT2D eigenvalue weighted by Crippen LogP contribution is -2.35. The van der Waals surface area contributed by atoms with Crippen LogP contribution >= 0.6 is 27.5 Å². The van der Waals surface area contributed by atoms with Crippen LogP contribution in [0.5, 0.6) is 0 Å². The Morgan fingerprint density at radius 2 is 2.07 bits per heavy atom. The summed E-state index contributed by atoms with van der Waals surface area (Å²) in [6, 6.07) is 6.50. The van der Waals surface area contributed by atoms with Crippen LogP contribution in [0.15, 0.2) is 22.7 Å². The van der Waals surface area contributed by atoms with E-state index < -0.39 is 0 Å². The maximum atomic E-state index is 6.14. The first-order chi connectivity index (χ1) is 7.25. The van der Waals surface area contributed by atoms with Crippen molar-refractivity contribution in [2.45, 2.75) is 18.9 Å². The van der Waals surface area contributed by atoms with Crippen molar-refractivity contribution in [3.05, 3.63) is 27.7 Å². The molecule has 1 heterocycles. The van der Waals surface area contributed by atoms with Crippen LogP contribution in [0.4, 0.5) is 5.69 Å². The van der Waals surface area contributed by atoms with Gasteiger partial charge in [-0.25, -0.2) is 0 Å². The van der Waals surface area contributed by atoms with Gasteiger partial charge in [-0.3, -0.25) is 0 Å². The van der Waals surface area contributed by atoms with Crippen LogP contribution in [0.1, 0.15) is 12.8 Å². The van der Waals surface area contributed by atoms with E-state index in [0.29, 0.717) is 6.04 Å². The number of anilines is 1. The Kier molecular flexibility index (Phi) is 3.89. The molecular formula is C11H14BrClN2. The van der Waals surface area contributed by atoms with E-state index in [2.05, 4.69) is 26.6 Å². The van der Waals surface area contributed by atoms with Gasteiger partial charge in [0.2, 0.25) is 0 Å². The van der Waals surface area contributed by atoms with Crippen molar-refractivity contribution in [2.75, 3.05) is 18.4 Å². The first-order valence-corrected chi connectivity index (χ1v) is 6.35. The highest BCUT2D eigenvalue weighted by Gasteiger charge is 2.13. The number of hydrogen-bond acceptors (Lipinski definition) is 2. The van der Waals surface area contributed by atoms with Crippen LogP contribution in [-0.4, -0.2) is 19.1 Å². The van der Waals surface area contributed by atoms with E-state index in [1.807, 2.05) is 18.2 Å². The van der Waals surface area contributed by atoms with Crippen LogP contribution in [-0.2, 0) is 0 Å². The minimum absolute atomic E-state index is 0.546. The molecule has 1 saturated heterocycles. The largest absolute Gasteiger partial charge is 0.381 e. The minimum atomic E-state index is 0.546. The fourth-order valence-electron chi connectivity index (χ4n) is 1.79. The standard InChI is InChI=1S/C11H14BrClN2/c12-8-1-2-11(10(13)7-8)15-9-3-5-14-6-4-9/h1-2,7,9,14-15H,3-6H2. The van der Waals surface area contributed by atoms with Gasteiger partial charge < -0.3 is 10.6 Å². The van der Waals surface area contributed by atoms with E-state index in [4.69, 9.17) is 11.6 Å². The second-order valence-corrected chi connectivity index (χ2v) is 5.12. The summed E-state index contributed by atoms with van der Waals surface area (Å²) < 4.78 is 1.02. The van der Waals surface area contributed by atoms with Crippen molar-refractivity contribution in [3.8, 4) is 0 Å². The molecule has 0 radical (unpaired) electrons. The molecule has 0 spiro atoms. The Morgan fingerprint density at radius 3 is 2.73 bits per heavy atom. The lowest BCUT2D eigenvalue weighted by atomic mass is 10.1. The molecule has 15 heavy (non-hydrogen) atoms. The predicted octanol–water partition coefficient (Wildman–Crippen LogP) is 3.27. The maximum Gasteiger partial charge on any atom is 0.0648 e. The molecule has 0 amide bonds. The Bertz CT molecular complexity index is 337. The molecular weight excluding hydrogens is 275 g/mol. The number of piperidine rings is 1. The van der Waals surface area contributed by atoms with Crippen molar-refractivity contribution in [3.63, 3.8) is 0 Å². The van der Waals surface area contributed by atoms with Gasteiger partial charge in [-0.2, -0.15) is 0 Å². The molecule has 1 aliphatic heterocycles. The van der Waals surface area contributed by atoms with Gasteiger partial charge in [-0.15, -0.1) is 0 Å². The van der Waals surface area contributed by atoms with Gasteiger partial charge >= 0.3 is 0 Å². The summed E-state index contributed by atoms with van der Waals surface area (Å²) >= 11 is 9.54. The van der Waals surface area contributed by atoms with Gasteiger partial charge in [-0.1, -0.05) is 27.5 Å². The third-order valence-electron chi connectivity index (χ3n) is 2.63. The van der Waals surface area contributed by atoms with Crippen molar-refractivity contribution >= 4 is 33.2 Å². The molecule has 1 aromatic rings. The van der Waals surface area contributed by atoms with Crippen molar-refractivity contribution in [1.29, 1.82) is 0 Å². The van der Waals surface area contributed by atoms with Gasteiger partial charge in [0.25, 0.3) is 0 Å². The van der Waals surface area contributed by atoms with Crippen molar-refractivity contribution < 1.29 is 0 Å². The molecule has 2 rings (SSSR count). The number of benzene rings is 1. The molecule has 1 aliphatic rings. The summed E-state index contributed by atoms with van der Waals surface area (Å²) in [5, 5.41) is 7.61. The summed E-state index contributed by atoms with van der Waals surface area (Å²) in [5.74, 6) is 0. The number of halogens is 2. The average Bonchev–Trinajstić information content (AvgIpc) is 2.24. The van der Waals surface area contributed by atoms with Crippen LogP contribution in [0.25, 0.3) is 0 Å². The highest BCUT2D eigenvalue weighted by Crippen LogP contribution is 2.27. The lowest BCUT2D eigenvalue weighted by Gasteiger charge is -2.25. The zero-order chi connectivity index (χ0) is 10.7. The van der Waals surface area contributed by atoms with Crippen LogP contribution < -0.4 is 10.6 Å². The second kappa shape index (κ2) is 5.19. The van der Waals surface area contributed by atoms with E-state index in [-0.39, 0.29) is 0 Å². The summed E-state index contributed by atoms with van der Waals surface area (Å²) in [7, 11) is 0. The fourth-order valence-corrected chi connectivity index (χ4v) is 2.52. The third-order valence-corrected chi connectivity index (χ3v) is 3.44. The normalized spacial score (nSPS) is 17.7. The number of hydrogen-bond donors (Lipinski definition) is 2. The van der Waals surface area contributed by atoms with E-state index in [1.54, 1.807) is 0 Å². The molecule has 4 heteroatoms. The van der Waals surface area contributed by atoms with Gasteiger partial charge in [-0.05, 0) is 44.1 Å². The predicted molar refractivity (Wildman–Crippen MR) is 68.7 cm³/mol. The molecule has 0 aromatic heterocycles. The molecule has 0 bridgehead atoms. The van der Waals surface area contributed by atoms with Crippen LogP contribution in [0.2, 0.25) is 5.02 Å². The molecule has 0 unspecified atom stereocenters. The Morgan fingerprint density at radius 1 is 1.33 bits per heavy atom. The molecule has 0 saturated carbocycles. The molecule has 1 fully saturated rings. The molecule has 0 atom stereocenters. The van der Waals surface area contributed by atoms with E-state index in [1.165, 1.54) is 0 Å². The van der Waals surface area contributed by atoms with Crippen LogP contribution in [0, 0.1) is 0 Å². The monoisotopic (exact) mass is 288 g/mol. The summed E-state index contributed by atoms with van der Waals surface area (Å²) in [6.45, 7) is 2.18. The van der Waals surface area contributed by atoms with Gasteiger partial charge in [0.05, 0.1) is 10.7 Å². The minimum Gasteiger partial charge on any atom is -0.381 e. The highest BCUT2D eigenvalue weighted by molar-refractivity contribution is 9.10. The number of nitrogens with one attached hydrogen (secondary N) is 2. The zero-order valence-electron chi connectivity index (χ0n) is 8.39. The van der Waals surface area contributed by atoms with Crippen LogP contribution in [0.3, 0.4) is 0 Å². The zero-order valence-corrected chi connectivity index (χ0v) is 10.7. The quantitative estimate of drug-likeness (QED) is 0.873. The first-order valence-electron chi connectivity index (χ1n) is 5.18. The van der Waals surface area contributed by atoms with E-state index >= 15 is 0 Å². The Balaban J connectivity index is 2.03. The first kappa shape index (κ1) is 11.2. The smallest absolute Gasteiger partial charge is 0.0648 e. The Labute approximate surface area is 104 Å². The highest BCUT2D eigenvalue weighted by atomic mass is 79.9. The van der Waals surface area contributed by atoms with Gasteiger partial charge in [0, 0.05) is 10.5 Å². The van der Waals surface area contributed by atoms with Gasteiger partial charge in [0.15, 0.2) is 0 Å². The summed E-state index contributed by atoms with van der Waals surface area (Å²) in [5.41, 5.74) is 1.03. The fraction of sp³-hybridized carbons (Fsp3) is 0.455. The average molecular weight is 290 g/mol. The van der Waals surface area contributed by atoms with Gasteiger partial charge in [0.1, 0.15) is 0 Å². The molecule has 82 valence electrons. The van der Waals surface area contributed by atoms with Crippen molar-refractivity contribution in [1.82, 2.24) is 5.32 Å². The Hall–Kier alpha value is -0.250. The summed E-state index contributed by atoms with van der Waals surface area (Å²) in [6.07, 6.45) is 2.32. The summed E-state index contributed by atoms with van der Waals surface area (Å²) in [4.78, 5) is 0. The topological polar surface area (TPSA) is 24.1 Å². The van der Waals surface area contributed by atoms with Crippen molar-refractivity contribution in [2.24, 2.45) is 0 Å². The lowest BCUT2D eigenvalue weighted by molar-refractivity contribution is 0.479. The molecule has 0 aliphatic carbocycles. The molecule has 2 nitrogen and oxygen atoms in total. The number of rotatable bonds is 2. The molecule has 2 N–H and O–H groups in total. The maximum absolute atomic E-state index is 6.14. The SMILES string of the molecule is Clc1cc(Br)ccc1NC1CCNCC1.